The van der Waals surface area contributed by atoms with Gasteiger partial charge in [-0.25, -0.2) is 0 Å². The summed E-state index contributed by atoms with van der Waals surface area (Å²) in [6, 6.07) is 8.40. The van der Waals surface area contributed by atoms with Crippen LogP contribution >= 0.6 is 0 Å². The van der Waals surface area contributed by atoms with Crippen LogP contribution in [0.1, 0.15) is 22.3 Å². The predicted molar refractivity (Wildman–Crippen MR) is 83.1 cm³/mol. The van der Waals surface area contributed by atoms with E-state index in [1.165, 1.54) is 12.0 Å². The average molecular weight is 288 g/mol. The van der Waals surface area contributed by atoms with Crippen molar-refractivity contribution in [3.8, 4) is 0 Å². The minimum Gasteiger partial charge on any atom is -0.366 e. The third kappa shape index (κ3) is 3.61. The zero-order chi connectivity index (χ0) is 14.7. The molecular formula is C16H24N4O. The SMILES string of the molecule is NC(=O)c1cccc(CN2CCN(C3CCNC3)CC2)c1. The summed E-state index contributed by atoms with van der Waals surface area (Å²) >= 11 is 0. The van der Waals surface area contributed by atoms with E-state index in [2.05, 4.69) is 21.2 Å². The van der Waals surface area contributed by atoms with E-state index in [1.54, 1.807) is 6.07 Å². The molecule has 3 N–H and O–H groups in total. The number of hydrogen-bond donors (Lipinski definition) is 2. The minimum absolute atomic E-state index is 0.351. The first-order valence-corrected chi connectivity index (χ1v) is 7.78. The van der Waals surface area contributed by atoms with Gasteiger partial charge in [0, 0.05) is 50.9 Å². The van der Waals surface area contributed by atoms with E-state index in [9.17, 15) is 4.79 Å². The third-order valence-electron chi connectivity index (χ3n) is 4.58. The van der Waals surface area contributed by atoms with E-state index in [4.69, 9.17) is 5.73 Å². The van der Waals surface area contributed by atoms with Crippen LogP contribution in [-0.2, 0) is 6.54 Å². The van der Waals surface area contributed by atoms with Crippen LogP contribution in [0.15, 0.2) is 24.3 Å². The van der Waals surface area contributed by atoms with Crippen LogP contribution in [0.4, 0.5) is 0 Å². The normalized spacial score (nSPS) is 24.3. The molecule has 114 valence electrons. The summed E-state index contributed by atoms with van der Waals surface area (Å²) in [5.41, 5.74) is 7.11. The number of carbonyl (C=O) groups is 1. The van der Waals surface area contributed by atoms with Crippen LogP contribution in [0.2, 0.25) is 0 Å². The molecule has 2 aliphatic heterocycles. The summed E-state index contributed by atoms with van der Waals surface area (Å²) in [6.45, 7) is 7.67. The molecule has 2 aliphatic rings. The van der Waals surface area contributed by atoms with Crippen molar-refractivity contribution in [1.29, 1.82) is 0 Å². The average Bonchev–Trinajstić information content (AvgIpc) is 3.02. The zero-order valence-electron chi connectivity index (χ0n) is 12.4. The van der Waals surface area contributed by atoms with Gasteiger partial charge in [0.1, 0.15) is 0 Å². The molecule has 21 heavy (non-hydrogen) atoms. The van der Waals surface area contributed by atoms with Crippen molar-refractivity contribution in [2.75, 3.05) is 39.3 Å². The number of hydrogen-bond acceptors (Lipinski definition) is 4. The highest BCUT2D eigenvalue weighted by Crippen LogP contribution is 2.14. The number of nitrogens with two attached hydrogens (primary N) is 1. The topological polar surface area (TPSA) is 61.6 Å². The molecule has 1 unspecified atom stereocenters. The van der Waals surface area contributed by atoms with Gasteiger partial charge in [-0.15, -0.1) is 0 Å². The van der Waals surface area contributed by atoms with E-state index in [-0.39, 0.29) is 5.91 Å². The molecule has 3 rings (SSSR count). The Morgan fingerprint density at radius 1 is 1.29 bits per heavy atom. The van der Waals surface area contributed by atoms with Crippen LogP contribution < -0.4 is 11.1 Å². The number of carbonyl (C=O) groups excluding carboxylic acids is 1. The fourth-order valence-electron chi connectivity index (χ4n) is 3.32. The summed E-state index contributed by atoms with van der Waals surface area (Å²) in [4.78, 5) is 16.3. The molecule has 0 saturated carbocycles. The van der Waals surface area contributed by atoms with E-state index >= 15 is 0 Å². The van der Waals surface area contributed by atoms with Crippen molar-refractivity contribution in [3.05, 3.63) is 35.4 Å². The number of piperazine rings is 1. The van der Waals surface area contributed by atoms with Crippen LogP contribution in [0.3, 0.4) is 0 Å². The van der Waals surface area contributed by atoms with Crippen molar-refractivity contribution < 1.29 is 4.79 Å². The Morgan fingerprint density at radius 2 is 2.10 bits per heavy atom. The molecular weight excluding hydrogens is 264 g/mol. The Balaban J connectivity index is 1.53. The number of amides is 1. The number of benzene rings is 1. The molecule has 1 aromatic carbocycles. The number of nitrogens with zero attached hydrogens (tertiary/aromatic N) is 2. The maximum Gasteiger partial charge on any atom is 0.248 e. The lowest BCUT2D eigenvalue weighted by atomic mass is 10.1. The van der Waals surface area contributed by atoms with Gasteiger partial charge >= 0.3 is 0 Å². The largest absolute Gasteiger partial charge is 0.366 e. The molecule has 0 spiro atoms. The molecule has 1 atom stereocenters. The highest BCUT2D eigenvalue weighted by Gasteiger charge is 2.25. The van der Waals surface area contributed by atoms with E-state index in [1.807, 2.05) is 12.1 Å². The zero-order valence-corrected chi connectivity index (χ0v) is 12.4. The van der Waals surface area contributed by atoms with Crippen LogP contribution in [0.5, 0.6) is 0 Å². The summed E-state index contributed by atoms with van der Waals surface area (Å²) in [5.74, 6) is -0.351. The maximum atomic E-state index is 11.2. The Labute approximate surface area is 126 Å². The first kappa shape index (κ1) is 14.5. The summed E-state index contributed by atoms with van der Waals surface area (Å²) in [6.07, 6.45) is 1.28. The number of rotatable bonds is 4. The highest BCUT2D eigenvalue weighted by atomic mass is 16.1. The molecule has 2 heterocycles. The van der Waals surface area contributed by atoms with Crippen molar-refractivity contribution in [2.45, 2.75) is 19.0 Å². The van der Waals surface area contributed by atoms with Gasteiger partial charge in [0.05, 0.1) is 0 Å². The first-order valence-electron chi connectivity index (χ1n) is 7.78. The standard InChI is InChI=1S/C16H24N4O/c17-16(21)14-3-1-2-13(10-14)12-19-6-8-20(9-7-19)15-4-5-18-11-15/h1-3,10,15,18H,4-9,11-12H2,(H2,17,21). The molecule has 1 aromatic rings. The fraction of sp³-hybridized carbons (Fsp3) is 0.562. The lowest BCUT2D eigenvalue weighted by Gasteiger charge is -2.37. The second-order valence-corrected chi connectivity index (χ2v) is 6.02. The summed E-state index contributed by atoms with van der Waals surface area (Å²) in [7, 11) is 0. The number of primary amides is 1. The van der Waals surface area contributed by atoms with Gasteiger partial charge < -0.3 is 11.1 Å². The Bertz CT molecular complexity index is 491. The smallest absolute Gasteiger partial charge is 0.248 e. The van der Waals surface area contributed by atoms with Gasteiger partial charge in [0.25, 0.3) is 0 Å². The number of nitrogens with one attached hydrogen (secondary N) is 1. The third-order valence-corrected chi connectivity index (χ3v) is 4.58. The Hall–Kier alpha value is -1.43. The van der Waals surface area contributed by atoms with Crippen LogP contribution in [0.25, 0.3) is 0 Å². The quantitative estimate of drug-likeness (QED) is 0.834. The monoisotopic (exact) mass is 288 g/mol. The van der Waals surface area contributed by atoms with E-state index in [0.717, 1.165) is 51.9 Å². The molecule has 5 nitrogen and oxygen atoms in total. The van der Waals surface area contributed by atoms with Crippen molar-refractivity contribution in [2.24, 2.45) is 5.73 Å². The summed E-state index contributed by atoms with van der Waals surface area (Å²) < 4.78 is 0. The van der Waals surface area contributed by atoms with Crippen molar-refractivity contribution in [3.63, 3.8) is 0 Å². The molecule has 1 amide bonds. The van der Waals surface area contributed by atoms with Crippen molar-refractivity contribution >= 4 is 5.91 Å². The van der Waals surface area contributed by atoms with Gasteiger partial charge in [0.15, 0.2) is 0 Å². The van der Waals surface area contributed by atoms with Crippen molar-refractivity contribution in [1.82, 2.24) is 15.1 Å². The molecule has 2 saturated heterocycles. The van der Waals surface area contributed by atoms with Gasteiger partial charge in [-0.3, -0.25) is 14.6 Å². The highest BCUT2D eigenvalue weighted by molar-refractivity contribution is 5.92. The van der Waals surface area contributed by atoms with Gasteiger partial charge in [-0.1, -0.05) is 12.1 Å². The van der Waals surface area contributed by atoms with Gasteiger partial charge in [-0.05, 0) is 30.7 Å². The molecule has 5 heteroatoms. The summed E-state index contributed by atoms with van der Waals surface area (Å²) in [5, 5.41) is 3.44. The Morgan fingerprint density at radius 3 is 2.76 bits per heavy atom. The minimum atomic E-state index is -0.351. The molecule has 0 radical (unpaired) electrons. The molecule has 0 aliphatic carbocycles. The second kappa shape index (κ2) is 6.56. The van der Waals surface area contributed by atoms with Gasteiger partial charge in [-0.2, -0.15) is 0 Å². The van der Waals surface area contributed by atoms with E-state index < -0.39 is 0 Å². The molecule has 2 fully saturated rings. The fourth-order valence-corrected chi connectivity index (χ4v) is 3.32. The van der Waals surface area contributed by atoms with Crippen LogP contribution in [-0.4, -0.2) is 61.0 Å². The molecule has 0 aromatic heterocycles. The Kier molecular flexibility index (Phi) is 4.53. The lowest BCUT2D eigenvalue weighted by Crippen LogP contribution is -2.50. The second-order valence-electron chi connectivity index (χ2n) is 6.02. The van der Waals surface area contributed by atoms with E-state index in [0.29, 0.717) is 5.56 Å². The van der Waals surface area contributed by atoms with Crippen LogP contribution in [0, 0.1) is 0 Å². The predicted octanol–water partition coefficient (Wildman–Crippen LogP) is 0.265. The lowest BCUT2D eigenvalue weighted by molar-refractivity contribution is 0.0977. The maximum absolute atomic E-state index is 11.2. The van der Waals surface area contributed by atoms with Gasteiger partial charge in [0.2, 0.25) is 5.91 Å². The first-order chi connectivity index (χ1) is 10.2. The molecule has 0 bridgehead atoms.